The Morgan fingerprint density at radius 3 is 2.43 bits per heavy atom. The Morgan fingerprint density at radius 2 is 2.07 bits per heavy atom. The van der Waals surface area contributed by atoms with Gasteiger partial charge in [-0.25, -0.2) is 0 Å². The van der Waals surface area contributed by atoms with Crippen molar-refractivity contribution in [1.29, 1.82) is 0 Å². The molecule has 0 unspecified atom stereocenters. The number of rotatable bonds is 4. The van der Waals surface area contributed by atoms with Crippen molar-refractivity contribution in [2.45, 2.75) is 45.6 Å². The summed E-state index contributed by atoms with van der Waals surface area (Å²) in [5.74, 6) is 0.900. The van der Waals surface area contributed by atoms with Gasteiger partial charge in [-0.15, -0.1) is 0 Å². The van der Waals surface area contributed by atoms with E-state index in [4.69, 9.17) is 10.5 Å². The summed E-state index contributed by atoms with van der Waals surface area (Å²) in [7, 11) is 0. The topological polar surface area (TPSA) is 52.3 Å². The third kappa shape index (κ3) is 4.09. The average molecular weight is 199 g/mol. The smallest absolute Gasteiger partial charge is 0.306 e. The fourth-order valence-electron chi connectivity index (χ4n) is 1.61. The molecule has 0 radical (unpaired) electrons. The van der Waals surface area contributed by atoms with Gasteiger partial charge in [-0.3, -0.25) is 4.79 Å². The van der Waals surface area contributed by atoms with Crippen molar-refractivity contribution >= 4 is 5.97 Å². The average Bonchev–Trinajstić information content (AvgIpc) is 2.78. The van der Waals surface area contributed by atoms with E-state index in [1.165, 1.54) is 12.8 Å². The molecule has 1 atom stereocenters. The predicted molar refractivity (Wildman–Crippen MR) is 55.7 cm³/mol. The Labute approximate surface area is 86.0 Å². The number of carbonyl (C=O) groups is 1. The summed E-state index contributed by atoms with van der Waals surface area (Å²) < 4.78 is 5.25. The highest BCUT2D eigenvalue weighted by atomic mass is 16.6. The maximum atomic E-state index is 11.5. The number of ether oxygens (including phenoxy) is 1. The van der Waals surface area contributed by atoms with Crippen LogP contribution in [0.5, 0.6) is 0 Å². The van der Waals surface area contributed by atoms with Crippen LogP contribution in [-0.2, 0) is 9.53 Å². The summed E-state index contributed by atoms with van der Waals surface area (Å²) in [5, 5.41) is 0. The van der Waals surface area contributed by atoms with Crippen LogP contribution in [-0.4, -0.2) is 18.1 Å². The van der Waals surface area contributed by atoms with Crippen molar-refractivity contribution in [2.24, 2.45) is 17.6 Å². The van der Waals surface area contributed by atoms with Gasteiger partial charge in [0.1, 0.15) is 5.60 Å². The lowest BCUT2D eigenvalue weighted by Gasteiger charge is -2.21. The van der Waals surface area contributed by atoms with Gasteiger partial charge >= 0.3 is 5.97 Å². The molecule has 0 saturated heterocycles. The summed E-state index contributed by atoms with van der Waals surface area (Å²) in [6.07, 6.45) is 2.94. The Hall–Kier alpha value is -0.570. The van der Waals surface area contributed by atoms with Gasteiger partial charge < -0.3 is 10.5 Å². The van der Waals surface area contributed by atoms with E-state index in [2.05, 4.69) is 0 Å². The highest BCUT2D eigenvalue weighted by Crippen LogP contribution is 2.38. The molecule has 0 aromatic rings. The molecule has 0 bridgehead atoms. The normalized spacial score (nSPS) is 19.1. The molecule has 0 spiro atoms. The number of hydrogen-bond donors (Lipinski definition) is 1. The van der Waals surface area contributed by atoms with E-state index in [-0.39, 0.29) is 11.6 Å². The van der Waals surface area contributed by atoms with Crippen LogP contribution in [0.4, 0.5) is 0 Å². The second-order valence-electron chi connectivity index (χ2n) is 5.12. The Bertz CT molecular complexity index is 204. The van der Waals surface area contributed by atoms with Crippen LogP contribution >= 0.6 is 0 Å². The number of hydrogen-bond acceptors (Lipinski definition) is 3. The summed E-state index contributed by atoms with van der Waals surface area (Å²) >= 11 is 0. The van der Waals surface area contributed by atoms with Gasteiger partial charge in [0.05, 0.1) is 0 Å². The zero-order valence-corrected chi connectivity index (χ0v) is 9.38. The quantitative estimate of drug-likeness (QED) is 0.701. The van der Waals surface area contributed by atoms with Crippen molar-refractivity contribution in [3.63, 3.8) is 0 Å². The van der Waals surface area contributed by atoms with Crippen molar-refractivity contribution in [1.82, 2.24) is 0 Å². The fraction of sp³-hybridized carbons (Fsp3) is 0.909. The fourth-order valence-corrected chi connectivity index (χ4v) is 1.61. The molecule has 0 amide bonds. The second-order valence-corrected chi connectivity index (χ2v) is 5.12. The Kier molecular flexibility index (Phi) is 3.53. The van der Waals surface area contributed by atoms with E-state index in [9.17, 15) is 4.79 Å². The Morgan fingerprint density at radius 1 is 1.50 bits per heavy atom. The van der Waals surface area contributed by atoms with Gasteiger partial charge in [0.25, 0.3) is 0 Å². The minimum absolute atomic E-state index is 0.111. The minimum atomic E-state index is -0.375. The second kappa shape index (κ2) is 4.30. The molecule has 0 heterocycles. The first-order chi connectivity index (χ1) is 6.42. The van der Waals surface area contributed by atoms with Crippen molar-refractivity contribution in [3.8, 4) is 0 Å². The number of esters is 1. The lowest BCUT2D eigenvalue weighted by molar-refractivity contribution is -0.156. The van der Waals surface area contributed by atoms with E-state index in [1.54, 1.807) is 0 Å². The van der Waals surface area contributed by atoms with Crippen molar-refractivity contribution < 1.29 is 9.53 Å². The van der Waals surface area contributed by atoms with E-state index >= 15 is 0 Å². The molecule has 3 nitrogen and oxygen atoms in total. The van der Waals surface area contributed by atoms with Gasteiger partial charge in [-0.05, 0) is 52.0 Å². The molecule has 82 valence electrons. The first-order valence-corrected chi connectivity index (χ1v) is 5.34. The van der Waals surface area contributed by atoms with Crippen molar-refractivity contribution in [3.05, 3.63) is 0 Å². The largest absolute Gasteiger partial charge is 0.460 e. The molecular formula is C11H21NO2. The van der Waals surface area contributed by atoms with Gasteiger partial charge in [-0.2, -0.15) is 0 Å². The zero-order chi connectivity index (χ0) is 10.8. The van der Waals surface area contributed by atoms with Crippen LogP contribution in [0.15, 0.2) is 0 Å². The minimum Gasteiger partial charge on any atom is -0.460 e. The molecule has 2 N–H and O–H groups in total. The summed E-state index contributed by atoms with van der Waals surface area (Å²) in [6.45, 7) is 6.27. The predicted octanol–water partition coefficient (Wildman–Crippen LogP) is 1.70. The lowest BCUT2D eigenvalue weighted by atomic mass is 10.00. The van der Waals surface area contributed by atoms with Crippen LogP contribution in [0, 0.1) is 11.8 Å². The Balaban J connectivity index is 2.31. The molecule has 0 aromatic heterocycles. The highest BCUT2D eigenvalue weighted by molar-refractivity contribution is 5.70. The third-order valence-corrected chi connectivity index (χ3v) is 2.44. The van der Waals surface area contributed by atoms with Crippen LogP contribution in [0.25, 0.3) is 0 Å². The first-order valence-electron chi connectivity index (χ1n) is 5.34. The maximum absolute atomic E-state index is 11.5. The highest BCUT2D eigenvalue weighted by Gasteiger charge is 2.32. The van der Waals surface area contributed by atoms with E-state index in [0.717, 1.165) is 0 Å². The third-order valence-electron chi connectivity index (χ3n) is 2.44. The molecule has 1 rings (SSSR count). The summed E-state index contributed by atoms with van der Waals surface area (Å²) in [4.78, 5) is 11.5. The van der Waals surface area contributed by atoms with Gasteiger partial charge in [-0.1, -0.05) is 0 Å². The van der Waals surface area contributed by atoms with E-state index < -0.39 is 0 Å². The lowest BCUT2D eigenvalue weighted by Crippen LogP contribution is -2.27. The van der Waals surface area contributed by atoms with Crippen LogP contribution in [0.1, 0.15) is 40.0 Å². The molecule has 1 aliphatic carbocycles. The molecule has 1 aliphatic rings. The molecule has 0 aromatic carbocycles. The maximum Gasteiger partial charge on any atom is 0.306 e. The first kappa shape index (κ1) is 11.5. The molecule has 14 heavy (non-hydrogen) atoms. The molecular weight excluding hydrogens is 178 g/mol. The zero-order valence-electron chi connectivity index (χ0n) is 9.38. The standard InChI is InChI=1S/C11H21NO2/c1-11(2,3)14-10(13)6-9(7-12)8-4-5-8/h8-9H,4-7,12H2,1-3H3/t9-/m0/s1. The molecule has 1 fully saturated rings. The van der Waals surface area contributed by atoms with E-state index in [1.807, 2.05) is 20.8 Å². The number of carbonyl (C=O) groups excluding carboxylic acids is 1. The monoisotopic (exact) mass is 199 g/mol. The number of nitrogens with two attached hydrogens (primary N) is 1. The van der Waals surface area contributed by atoms with Gasteiger partial charge in [0.2, 0.25) is 0 Å². The van der Waals surface area contributed by atoms with Gasteiger partial charge in [0.15, 0.2) is 0 Å². The summed E-state index contributed by atoms with van der Waals surface area (Å²) in [6, 6.07) is 0. The SMILES string of the molecule is CC(C)(C)OC(=O)C[C@@H](CN)C1CC1. The van der Waals surface area contributed by atoms with Crippen molar-refractivity contribution in [2.75, 3.05) is 6.54 Å². The van der Waals surface area contributed by atoms with E-state index in [0.29, 0.717) is 24.8 Å². The van der Waals surface area contributed by atoms with Crippen LogP contribution < -0.4 is 5.73 Å². The van der Waals surface area contributed by atoms with Gasteiger partial charge in [0, 0.05) is 6.42 Å². The summed E-state index contributed by atoms with van der Waals surface area (Å²) in [5.41, 5.74) is 5.24. The molecule has 1 saturated carbocycles. The van der Waals surface area contributed by atoms with Crippen LogP contribution in [0.2, 0.25) is 0 Å². The van der Waals surface area contributed by atoms with Crippen LogP contribution in [0.3, 0.4) is 0 Å². The molecule has 3 heteroatoms. The molecule has 0 aliphatic heterocycles.